The molecule has 2 aromatic rings. The van der Waals surface area contributed by atoms with E-state index in [1.165, 1.54) is 4.68 Å². The molecule has 0 aromatic carbocycles. The van der Waals surface area contributed by atoms with E-state index in [0.717, 1.165) is 50.9 Å². The second-order valence-corrected chi connectivity index (χ2v) is 7.69. The number of piperidine rings is 1. The first kappa shape index (κ1) is 19.6. The quantitative estimate of drug-likeness (QED) is 0.753. The van der Waals surface area contributed by atoms with Crippen molar-refractivity contribution in [1.82, 2.24) is 19.7 Å². The van der Waals surface area contributed by atoms with Gasteiger partial charge in [-0.25, -0.2) is 9.67 Å². The van der Waals surface area contributed by atoms with Crippen LogP contribution in [0.2, 0.25) is 0 Å². The number of methoxy groups -OCH3 is 1. The third-order valence-electron chi connectivity index (χ3n) is 5.83. The molecule has 3 unspecified atom stereocenters. The molecular weight excluding hydrogens is 372 g/mol. The van der Waals surface area contributed by atoms with Crippen molar-refractivity contribution < 1.29 is 9.84 Å². The first-order valence-corrected chi connectivity index (χ1v) is 10.3. The SMILES string of the molecule is COc1ccnc(NCC2CCCCN2c2ccc(=O)n(C3CCCC3O)n2)n1. The Labute approximate surface area is 169 Å². The summed E-state index contributed by atoms with van der Waals surface area (Å²) in [6.07, 6.45) is 6.83. The van der Waals surface area contributed by atoms with Gasteiger partial charge < -0.3 is 20.1 Å². The molecule has 0 amide bonds. The van der Waals surface area contributed by atoms with E-state index in [2.05, 4.69) is 25.3 Å². The van der Waals surface area contributed by atoms with Crippen LogP contribution in [0.5, 0.6) is 5.88 Å². The summed E-state index contributed by atoms with van der Waals surface area (Å²) in [5.74, 6) is 1.83. The number of aliphatic hydroxyl groups is 1. The Balaban J connectivity index is 1.52. The molecule has 29 heavy (non-hydrogen) atoms. The Bertz CT molecular complexity index is 889. The van der Waals surface area contributed by atoms with Crippen LogP contribution in [0.3, 0.4) is 0 Å². The van der Waals surface area contributed by atoms with Crippen molar-refractivity contribution in [2.24, 2.45) is 0 Å². The molecule has 0 spiro atoms. The van der Waals surface area contributed by atoms with Gasteiger partial charge in [0.15, 0.2) is 0 Å². The summed E-state index contributed by atoms with van der Waals surface area (Å²) in [5.41, 5.74) is -0.156. The molecule has 9 nitrogen and oxygen atoms in total. The van der Waals surface area contributed by atoms with Crippen LogP contribution in [0.15, 0.2) is 29.2 Å². The highest BCUT2D eigenvalue weighted by molar-refractivity contribution is 5.40. The maximum atomic E-state index is 12.4. The number of anilines is 2. The van der Waals surface area contributed by atoms with Crippen molar-refractivity contribution in [3.63, 3.8) is 0 Å². The van der Waals surface area contributed by atoms with E-state index < -0.39 is 6.10 Å². The third-order valence-corrected chi connectivity index (χ3v) is 5.83. The van der Waals surface area contributed by atoms with Crippen molar-refractivity contribution in [3.8, 4) is 5.88 Å². The fourth-order valence-electron chi connectivity index (χ4n) is 4.28. The van der Waals surface area contributed by atoms with E-state index in [9.17, 15) is 9.90 Å². The number of ether oxygens (including phenoxy) is 1. The van der Waals surface area contributed by atoms with Crippen molar-refractivity contribution in [1.29, 1.82) is 0 Å². The lowest BCUT2D eigenvalue weighted by Gasteiger charge is -2.37. The second-order valence-electron chi connectivity index (χ2n) is 7.69. The summed E-state index contributed by atoms with van der Waals surface area (Å²) in [7, 11) is 1.58. The highest BCUT2D eigenvalue weighted by Gasteiger charge is 2.30. The molecule has 1 aliphatic heterocycles. The molecular formula is C20H28N6O3. The summed E-state index contributed by atoms with van der Waals surface area (Å²) in [6.45, 7) is 1.55. The molecule has 0 bridgehead atoms. The highest BCUT2D eigenvalue weighted by atomic mass is 16.5. The fraction of sp³-hybridized carbons (Fsp3) is 0.600. The van der Waals surface area contributed by atoms with Gasteiger partial charge in [0.1, 0.15) is 5.82 Å². The van der Waals surface area contributed by atoms with Gasteiger partial charge in [-0.1, -0.05) is 0 Å². The Morgan fingerprint density at radius 2 is 2.10 bits per heavy atom. The van der Waals surface area contributed by atoms with Crippen LogP contribution in [-0.4, -0.2) is 57.2 Å². The van der Waals surface area contributed by atoms with E-state index in [1.54, 1.807) is 31.5 Å². The predicted molar refractivity (Wildman–Crippen MR) is 109 cm³/mol. The smallest absolute Gasteiger partial charge is 0.267 e. The number of hydrogen-bond donors (Lipinski definition) is 2. The van der Waals surface area contributed by atoms with Crippen LogP contribution < -0.4 is 20.5 Å². The van der Waals surface area contributed by atoms with Gasteiger partial charge in [0, 0.05) is 37.5 Å². The van der Waals surface area contributed by atoms with Gasteiger partial charge in [-0.2, -0.15) is 10.1 Å². The van der Waals surface area contributed by atoms with Gasteiger partial charge in [-0.3, -0.25) is 4.79 Å². The Morgan fingerprint density at radius 1 is 1.21 bits per heavy atom. The first-order valence-electron chi connectivity index (χ1n) is 10.3. The molecule has 1 saturated heterocycles. The van der Waals surface area contributed by atoms with E-state index >= 15 is 0 Å². The molecule has 2 N–H and O–H groups in total. The minimum atomic E-state index is -0.500. The van der Waals surface area contributed by atoms with E-state index in [1.807, 2.05) is 0 Å². The largest absolute Gasteiger partial charge is 0.481 e. The Hall–Kier alpha value is -2.68. The summed E-state index contributed by atoms with van der Waals surface area (Å²) >= 11 is 0. The summed E-state index contributed by atoms with van der Waals surface area (Å²) in [4.78, 5) is 23.2. The zero-order valence-corrected chi connectivity index (χ0v) is 16.7. The summed E-state index contributed by atoms with van der Waals surface area (Å²) < 4.78 is 6.64. The standard InChI is InChI=1S/C20H28N6O3/c1-29-18-10-11-21-20(23-18)22-13-14-5-2-3-12-25(14)17-8-9-19(28)26(24-17)15-6-4-7-16(15)27/h8-11,14-16,27H,2-7,12-13H2,1H3,(H,21,22,23). The van der Waals surface area contributed by atoms with Gasteiger partial charge in [-0.05, 0) is 44.6 Å². The lowest BCUT2D eigenvalue weighted by atomic mass is 10.0. The van der Waals surface area contributed by atoms with Crippen molar-refractivity contribution in [2.75, 3.05) is 30.4 Å². The average molecular weight is 400 g/mol. The van der Waals surface area contributed by atoms with Gasteiger partial charge in [0.2, 0.25) is 11.8 Å². The number of nitrogens with zero attached hydrogens (tertiary/aromatic N) is 5. The van der Waals surface area contributed by atoms with Crippen LogP contribution in [0, 0.1) is 0 Å². The van der Waals surface area contributed by atoms with Crippen LogP contribution in [0.25, 0.3) is 0 Å². The van der Waals surface area contributed by atoms with E-state index in [-0.39, 0.29) is 17.6 Å². The van der Waals surface area contributed by atoms with Crippen LogP contribution >= 0.6 is 0 Å². The molecule has 1 aliphatic carbocycles. The molecule has 2 fully saturated rings. The number of aliphatic hydroxyl groups excluding tert-OH is 1. The maximum Gasteiger partial charge on any atom is 0.267 e. The van der Waals surface area contributed by atoms with Crippen LogP contribution in [0.1, 0.15) is 44.6 Å². The summed E-state index contributed by atoms with van der Waals surface area (Å²) in [6, 6.07) is 5.06. The number of nitrogens with one attached hydrogen (secondary N) is 1. The molecule has 3 heterocycles. The Morgan fingerprint density at radius 3 is 2.90 bits per heavy atom. The molecule has 9 heteroatoms. The second kappa shape index (κ2) is 8.77. The molecule has 3 atom stereocenters. The normalized spacial score (nSPS) is 24.5. The minimum absolute atomic E-state index is 0.156. The zero-order valence-electron chi connectivity index (χ0n) is 16.7. The number of aromatic nitrogens is 4. The number of rotatable bonds is 6. The molecule has 2 aromatic heterocycles. The molecule has 1 saturated carbocycles. The van der Waals surface area contributed by atoms with Crippen molar-refractivity contribution >= 4 is 11.8 Å². The molecule has 0 radical (unpaired) electrons. The molecule has 2 aliphatic rings. The van der Waals surface area contributed by atoms with E-state index in [0.29, 0.717) is 18.4 Å². The highest BCUT2D eigenvalue weighted by Crippen LogP contribution is 2.29. The topological polar surface area (TPSA) is 105 Å². The van der Waals surface area contributed by atoms with Gasteiger partial charge in [0.25, 0.3) is 5.56 Å². The molecule has 4 rings (SSSR count). The van der Waals surface area contributed by atoms with Crippen LogP contribution in [0.4, 0.5) is 11.8 Å². The van der Waals surface area contributed by atoms with Gasteiger partial charge >= 0.3 is 0 Å². The lowest BCUT2D eigenvalue weighted by Crippen LogP contribution is -2.45. The Kier molecular flexibility index (Phi) is 5.94. The minimum Gasteiger partial charge on any atom is -0.481 e. The zero-order chi connectivity index (χ0) is 20.2. The monoisotopic (exact) mass is 400 g/mol. The fourth-order valence-corrected chi connectivity index (χ4v) is 4.28. The third kappa shape index (κ3) is 4.34. The summed E-state index contributed by atoms with van der Waals surface area (Å²) in [5, 5.41) is 18.2. The average Bonchev–Trinajstić information content (AvgIpc) is 3.18. The van der Waals surface area contributed by atoms with Gasteiger partial charge in [0.05, 0.1) is 19.3 Å². The van der Waals surface area contributed by atoms with E-state index in [4.69, 9.17) is 4.74 Å². The maximum absolute atomic E-state index is 12.4. The number of hydrogen-bond acceptors (Lipinski definition) is 8. The van der Waals surface area contributed by atoms with Crippen molar-refractivity contribution in [2.45, 2.75) is 56.7 Å². The van der Waals surface area contributed by atoms with Crippen molar-refractivity contribution in [3.05, 3.63) is 34.7 Å². The predicted octanol–water partition coefficient (Wildman–Crippen LogP) is 1.60. The van der Waals surface area contributed by atoms with Gasteiger partial charge in [-0.15, -0.1) is 0 Å². The van der Waals surface area contributed by atoms with Crippen LogP contribution in [-0.2, 0) is 0 Å². The molecule has 156 valence electrons. The lowest BCUT2D eigenvalue weighted by molar-refractivity contribution is 0.127. The first-order chi connectivity index (χ1) is 14.2.